The Kier molecular flexibility index (Phi) is 5.90. The number of sulfone groups is 1. The van der Waals surface area contributed by atoms with E-state index in [0.717, 1.165) is 30.6 Å². The third-order valence-corrected chi connectivity index (χ3v) is 9.15. The van der Waals surface area contributed by atoms with Crippen molar-refractivity contribution < 1.29 is 17.9 Å². The van der Waals surface area contributed by atoms with E-state index >= 15 is 0 Å². The van der Waals surface area contributed by atoms with Gasteiger partial charge in [0.2, 0.25) is 5.91 Å². The number of methoxy groups -OCH3 is 1. The lowest BCUT2D eigenvalue weighted by Gasteiger charge is -2.60. The predicted molar refractivity (Wildman–Crippen MR) is 118 cm³/mol. The van der Waals surface area contributed by atoms with E-state index in [-0.39, 0.29) is 28.9 Å². The number of hydrogen-bond acceptors (Lipinski definition) is 4. The highest BCUT2D eigenvalue weighted by molar-refractivity contribution is 7.92. The molecule has 0 aromatic heterocycles. The first-order valence-electron chi connectivity index (χ1n) is 11.3. The molecule has 0 N–H and O–H groups in total. The molecular formula is C24H35NO4S. The Hall–Kier alpha value is -1.56. The largest absolute Gasteiger partial charge is 0.497 e. The van der Waals surface area contributed by atoms with Gasteiger partial charge in [-0.15, -0.1) is 0 Å². The Morgan fingerprint density at radius 2 is 1.73 bits per heavy atom. The lowest BCUT2D eigenvalue weighted by atomic mass is 9.52. The standard InChI is InChI=1S/C24H35NO4S/c1-17(2)15-30(27,28)16-23(26)25(14-18-5-4-6-22(10-18)29-3)24-11-19-7-20(12-24)9-21(8-19)13-24/h4-6,10,17,19-21H,7-9,11-16H2,1-3H3. The maximum Gasteiger partial charge on any atom is 0.238 e. The van der Waals surface area contributed by atoms with Crippen molar-refractivity contribution in [1.29, 1.82) is 0 Å². The van der Waals surface area contributed by atoms with E-state index in [2.05, 4.69) is 0 Å². The number of carbonyl (C=O) groups is 1. The normalized spacial score (nSPS) is 29.9. The molecule has 30 heavy (non-hydrogen) atoms. The van der Waals surface area contributed by atoms with Crippen molar-refractivity contribution in [2.45, 2.75) is 64.5 Å². The predicted octanol–water partition coefficient (Wildman–Crippen LogP) is 4.06. The zero-order valence-electron chi connectivity index (χ0n) is 18.5. The number of ether oxygens (including phenoxy) is 1. The fraction of sp³-hybridized carbons (Fsp3) is 0.708. The Morgan fingerprint density at radius 3 is 2.27 bits per heavy atom. The van der Waals surface area contributed by atoms with Crippen LogP contribution < -0.4 is 4.74 Å². The third kappa shape index (κ3) is 4.53. The highest BCUT2D eigenvalue weighted by Gasteiger charge is 2.54. The van der Waals surface area contributed by atoms with Gasteiger partial charge < -0.3 is 9.64 Å². The molecule has 0 saturated heterocycles. The van der Waals surface area contributed by atoms with Crippen LogP contribution >= 0.6 is 0 Å². The van der Waals surface area contributed by atoms with E-state index in [4.69, 9.17) is 4.74 Å². The summed E-state index contributed by atoms with van der Waals surface area (Å²) in [5.41, 5.74) is 0.821. The van der Waals surface area contributed by atoms with Gasteiger partial charge in [-0.25, -0.2) is 8.42 Å². The van der Waals surface area contributed by atoms with Crippen LogP contribution in [0.15, 0.2) is 24.3 Å². The first-order chi connectivity index (χ1) is 14.2. The summed E-state index contributed by atoms with van der Waals surface area (Å²) in [5, 5.41) is 0. The monoisotopic (exact) mass is 433 g/mol. The summed E-state index contributed by atoms with van der Waals surface area (Å²) < 4.78 is 30.7. The van der Waals surface area contributed by atoms with Crippen LogP contribution in [0.1, 0.15) is 57.9 Å². The Bertz CT molecular complexity index is 857. The summed E-state index contributed by atoms with van der Waals surface area (Å²) in [6, 6.07) is 7.80. The fourth-order valence-electron chi connectivity index (χ4n) is 6.70. The van der Waals surface area contributed by atoms with Crippen molar-refractivity contribution in [1.82, 2.24) is 4.90 Å². The second-order valence-electron chi connectivity index (χ2n) is 10.4. The van der Waals surface area contributed by atoms with Crippen LogP contribution in [0.3, 0.4) is 0 Å². The molecule has 166 valence electrons. The summed E-state index contributed by atoms with van der Waals surface area (Å²) >= 11 is 0. The molecule has 4 saturated carbocycles. The molecule has 4 aliphatic carbocycles. The van der Waals surface area contributed by atoms with E-state index in [1.807, 2.05) is 43.0 Å². The summed E-state index contributed by atoms with van der Waals surface area (Å²) in [7, 11) is -1.78. The number of rotatable bonds is 8. The van der Waals surface area contributed by atoms with E-state index in [1.54, 1.807) is 7.11 Å². The van der Waals surface area contributed by atoms with Crippen LogP contribution in [-0.4, -0.2) is 43.4 Å². The molecule has 0 unspecified atom stereocenters. The second-order valence-corrected chi connectivity index (χ2v) is 12.5. The lowest BCUT2D eigenvalue weighted by molar-refractivity contribution is -0.149. The van der Waals surface area contributed by atoms with Gasteiger partial charge >= 0.3 is 0 Å². The molecule has 1 aromatic carbocycles. The van der Waals surface area contributed by atoms with Crippen molar-refractivity contribution in [2.75, 3.05) is 18.6 Å². The van der Waals surface area contributed by atoms with Crippen molar-refractivity contribution >= 4 is 15.7 Å². The first-order valence-corrected chi connectivity index (χ1v) is 13.1. The van der Waals surface area contributed by atoms with E-state index < -0.39 is 9.84 Å². The zero-order chi connectivity index (χ0) is 21.5. The van der Waals surface area contributed by atoms with Gasteiger partial charge in [0, 0.05) is 12.1 Å². The molecule has 4 aliphatic rings. The summed E-state index contributed by atoms with van der Waals surface area (Å²) in [6.45, 7) is 4.23. The molecule has 4 bridgehead atoms. The van der Waals surface area contributed by atoms with Gasteiger partial charge in [-0.3, -0.25) is 4.79 Å². The highest BCUT2D eigenvalue weighted by atomic mass is 32.2. The molecular weight excluding hydrogens is 398 g/mol. The van der Waals surface area contributed by atoms with Gasteiger partial charge in [0.1, 0.15) is 11.5 Å². The van der Waals surface area contributed by atoms with Gasteiger partial charge in [0.05, 0.1) is 12.9 Å². The number of benzene rings is 1. The van der Waals surface area contributed by atoms with E-state index in [9.17, 15) is 13.2 Å². The molecule has 5 rings (SSSR count). The maximum absolute atomic E-state index is 13.5. The van der Waals surface area contributed by atoms with Crippen LogP contribution in [0.5, 0.6) is 5.75 Å². The van der Waals surface area contributed by atoms with Gasteiger partial charge in [-0.1, -0.05) is 26.0 Å². The Labute approximate surface area is 181 Å². The van der Waals surface area contributed by atoms with Crippen LogP contribution in [0, 0.1) is 23.7 Å². The quantitative estimate of drug-likeness (QED) is 0.620. The van der Waals surface area contributed by atoms with Crippen LogP contribution in [0.2, 0.25) is 0 Å². The molecule has 0 radical (unpaired) electrons. The average Bonchev–Trinajstić information content (AvgIpc) is 2.63. The minimum atomic E-state index is -3.42. The lowest BCUT2D eigenvalue weighted by Crippen LogP contribution is -2.62. The molecule has 4 fully saturated rings. The van der Waals surface area contributed by atoms with Crippen molar-refractivity contribution in [3.8, 4) is 5.75 Å². The molecule has 0 atom stereocenters. The minimum Gasteiger partial charge on any atom is -0.497 e. The zero-order valence-corrected chi connectivity index (χ0v) is 19.3. The Morgan fingerprint density at radius 1 is 1.13 bits per heavy atom. The fourth-order valence-corrected chi connectivity index (χ4v) is 8.37. The van der Waals surface area contributed by atoms with Crippen LogP contribution in [0.25, 0.3) is 0 Å². The average molecular weight is 434 g/mol. The highest BCUT2D eigenvalue weighted by Crippen LogP contribution is 2.58. The van der Waals surface area contributed by atoms with Gasteiger partial charge in [0.15, 0.2) is 9.84 Å². The first kappa shape index (κ1) is 21.7. The van der Waals surface area contributed by atoms with Crippen molar-refractivity contribution in [3.05, 3.63) is 29.8 Å². The second kappa shape index (κ2) is 8.18. The molecule has 0 aliphatic heterocycles. The van der Waals surface area contributed by atoms with Crippen LogP contribution in [0.4, 0.5) is 0 Å². The number of hydrogen-bond donors (Lipinski definition) is 0. The number of nitrogens with zero attached hydrogens (tertiary/aromatic N) is 1. The SMILES string of the molecule is COc1cccc(CN(C(=O)CS(=O)(=O)CC(C)C)C23CC4CC(CC(C4)C2)C3)c1. The third-order valence-electron chi connectivity index (χ3n) is 7.29. The molecule has 1 amide bonds. The summed E-state index contributed by atoms with van der Waals surface area (Å²) in [5.74, 6) is 2.30. The number of carbonyl (C=O) groups excluding carboxylic acids is 1. The van der Waals surface area contributed by atoms with Gasteiger partial charge in [-0.05, 0) is 79.9 Å². The molecule has 0 spiro atoms. The molecule has 0 heterocycles. The van der Waals surface area contributed by atoms with Crippen molar-refractivity contribution in [3.63, 3.8) is 0 Å². The van der Waals surface area contributed by atoms with Crippen LogP contribution in [-0.2, 0) is 21.2 Å². The van der Waals surface area contributed by atoms with Gasteiger partial charge in [0.25, 0.3) is 0 Å². The summed E-state index contributed by atoms with van der Waals surface area (Å²) in [6.07, 6.45) is 6.93. The topological polar surface area (TPSA) is 63.7 Å². The minimum absolute atomic E-state index is 0.0224. The molecule has 6 heteroatoms. The number of amides is 1. The van der Waals surface area contributed by atoms with Gasteiger partial charge in [-0.2, -0.15) is 0 Å². The molecule has 1 aromatic rings. The summed E-state index contributed by atoms with van der Waals surface area (Å²) in [4.78, 5) is 15.5. The molecule has 5 nitrogen and oxygen atoms in total. The van der Waals surface area contributed by atoms with E-state index in [0.29, 0.717) is 24.3 Å². The maximum atomic E-state index is 13.5. The van der Waals surface area contributed by atoms with E-state index in [1.165, 1.54) is 19.3 Å². The van der Waals surface area contributed by atoms with Crippen molar-refractivity contribution in [2.24, 2.45) is 23.7 Å². The smallest absolute Gasteiger partial charge is 0.238 e. The Balaban J connectivity index is 1.64.